The molecule has 0 radical (unpaired) electrons. The second-order valence-corrected chi connectivity index (χ2v) is 8.11. The van der Waals surface area contributed by atoms with E-state index in [1.165, 1.54) is 6.08 Å². The first kappa shape index (κ1) is 22.1. The fourth-order valence-electron chi connectivity index (χ4n) is 4.01. The molecule has 1 saturated heterocycles. The number of benzene rings is 1. The summed E-state index contributed by atoms with van der Waals surface area (Å²) in [4.78, 5) is 34.8. The van der Waals surface area contributed by atoms with E-state index in [2.05, 4.69) is 37.4 Å². The number of piperidine rings is 1. The summed E-state index contributed by atoms with van der Waals surface area (Å²) in [7, 11) is 0. The van der Waals surface area contributed by atoms with Gasteiger partial charge in [0, 0.05) is 35.9 Å². The Morgan fingerprint density at radius 3 is 2.85 bits per heavy atom. The van der Waals surface area contributed by atoms with Crippen molar-refractivity contribution < 1.29 is 9.59 Å². The summed E-state index contributed by atoms with van der Waals surface area (Å²) in [5.41, 5.74) is 8.09. The van der Waals surface area contributed by atoms with Crippen LogP contribution < -0.4 is 21.3 Å². The van der Waals surface area contributed by atoms with Crippen molar-refractivity contribution in [3.8, 4) is 0 Å². The van der Waals surface area contributed by atoms with Crippen molar-refractivity contribution in [2.24, 2.45) is 5.73 Å². The number of carbonyl (C=O) groups excluding carboxylic acids is 2. The first-order chi connectivity index (χ1) is 15.9. The van der Waals surface area contributed by atoms with Crippen LogP contribution in [-0.4, -0.2) is 50.6 Å². The lowest BCUT2D eigenvalue weighted by Crippen LogP contribution is -2.54. The average molecular weight is 447 g/mol. The molecule has 33 heavy (non-hydrogen) atoms. The van der Waals surface area contributed by atoms with Crippen LogP contribution in [0, 0.1) is 6.92 Å². The molecule has 1 aliphatic heterocycles. The Bertz CT molecular complexity index is 1230. The number of amides is 2. The van der Waals surface area contributed by atoms with Crippen LogP contribution in [0.2, 0.25) is 0 Å². The Labute approximate surface area is 191 Å². The highest BCUT2D eigenvalue weighted by molar-refractivity contribution is 5.96. The van der Waals surface area contributed by atoms with Gasteiger partial charge < -0.3 is 21.3 Å². The standard InChI is InChI=1S/C23H26N8O2/c1-4-19(32)27-17-6-5-9-31(14(17)3)23-28-22(20(21(24)33)29-30-23)26-16-7-8-18-15(11-16)10-13(2)12-25-18/h4,7-8,10-12,14,17H,1,5-6,9H2,2-3H3,(H2,24,33)(H,27,32)(H,26,28,30)/t14-,17-/m1/s1. The van der Waals surface area contributed by atoms with Gasteiger partial charge in [0.25, 0.3) is 5.91 Å². The Morgan fingerprint density at radius 2 is 2.09 bits per heavy atom. The van der Waals surface area contributed by atoms with Gasteiger partial charge in [-0.2, -0.15) is 4.98 Å². The minimum absolute atomic E-state index is 0.0533. The molecule has 10 heteroatoms. The molecule has 1 fully saturated rings. The highest BCUT2D eigenvalue weighted by Gasteiger charge is 2.31. The first-order valence-electron chi connectivity index (χ1n) is 10.7. The predicted octanol–water partition coefficient (Wildman–Crippen LogP) is 2.23. The average Bonchev–Trinajstić information content (AvgIpc) is 2.80. The highest BCUT2D eigenvalue weighted by atomic mass is 16.2. The van der Waals surface area contributed by atoms with Crippen LogP contribution in [0.3, 0.4) is 0 Å². The van der Waals surface area contributed by atoms with E-state index in [0.29, 0.717) is 18.2 Å². The van der Waals surface area contributed by atoms with E-state index in [4.69, 9.17) is 5.73 Å². The zero-order valence-corrected chi connectivity index (χ0v) is 18.6. The zero-order valence-electron chi connectivity index (χ0n) is 18.6. The van der Waals surface area contributed by atoms with Gasteiger partial charge in [0.2, 0.25) is 11.9 Å². The van der Waals surface area contributed by atoms with Crippen LogP contribution in [0.5, 0.6) is 0 Å². The Balaban J connectivity index is 1.65. The maximum atomic E-state index is 12.0. The molecule has 0 spiro atoms. The van der Waals surface area contributed by atoms with Gasteiger partial charge in [-0.3, -0.25) is 14.6 Å². The number of aryl methyl sites for hydroxylation is 1. The van der Waals surface area contributed by atoms with Gasteiger partial charge in [-0.1, -0.05) is 6.58 Å². The maximum Gasteiger partial charge on any atom is 0.273 e. The molecule has 1 aromatic carbocycles. The number of nitrogens with one attached hydrogen (secondary N) is 2. The van der Waals surface area contributed by atoms with Crippen molar-refractivity contribution in [1.82, 2.24) is 25.5 Å². The summed E-state index contributed by atoms with van der Waals surface area (Å²) in [6, 6.07) is 7.52. The molecule has 10 nitrogen and oxygen atoms in total. The number of hydrogen-bond donors (Lipinski definition) is 3. The normalized spacial score (nSPS) is 18.1. The minimum Gasteiger partial charge on any atom is -0.364 e. The Morgan fingerprint density at radius 1 is 1.27 bits per heavy atom. The van der Waals surface area contributed by atoms with Crippen LogP contribution in [0.1, 0.15) is 35.8 Å². The van der Waals surface area contributed by atoms with Gasteiger partial charge in [-0.25, -0.2) is 0 Å². The minimum atomic E-state index is -0.731. The third kappa shape index (κ3) is 4.74. The van der Waals surface area contributed by atoms with Gasteiger partial charge >= 0.3 is 0 Å². The number of rotatable bonds is 6. The van der Waals surface area contributed by atoms with Crippen molar-refractivity contribution in [3.63, 3.8) is 0 Å². The van der Waals surface area contributed by atoms with Crippen molar-refractivity contribution in [3.05, 3.63) is 54.4 Å². The summed E-state index contributed by atoms with van der Waals surface area (Å²) in [5.74, 6) is -0.381. The second-order valence-electron chi connectivity index (χ2n) is 8.11. The molecule has 2 aromatic heterocycles. The Hall–Kier alpha value is -4.08. The molecule has 0 saturated carbocycles. The fraction of sp³-hybridized carbons (Fsp3) is 0.304. The lowest BCUT2D eigenvalue weighted by Gasteiger charge is -2.39. The number of pyridine rings is 1. The first-order valence-corrected chi connectivity index (χ1v) is 10.7. The van der Waals surface area contributed by atoms with Crippen molar-refractivity contribution in [1.29, 1.82) is 0 Å². The van der Waals surface area contributed by atoms with E-state index in [1.807, 2.05) is 49.2 Å². The number of primary amides is 1. The van der Waals surface area contributed by atoms with Crippen LogP contribution in [0.15, 0.2) is 43.1 Å². The Kier molecular flexibility index (Phi) is 6.16. The van der Waals surface area contributed by atoms with Crippen LogP contribution in [0.25, 0.3) is 10.9 Å². The largest absolute Gasteiger partial charge is 0.364 e. The lowest BCUT2D eigenvalue weighted by molar-refractivity contribution is -0.117. The zero-order chi connectivity index (χ0) is 23.5. The monoisotopic (exact) mass is 446 g/mol. The van der Waals surface area contributed by atoms with E-state index >= 15 is 0 Å². The maximum absolute atomic E-state index is 12.0. The van der Waals surface area contributed by atoms with Gasteiger partial charge in [0.05, 0.1) is 5.52 Å². The number of hydrogen-bond acceptors (Lipinski definition) is 8. The summed E-state index contributed by atoms with van der Waals surface area (Å²) in [5, 5.41) is 15.3. The molecule has 4 rings (SSSR count). The fourth-order valence-corrected chi connectivity index (χ4v) is 4.01. The predicted molar refractivity (Wildman–Crippen MR) is 126 cm³/mol. The molecule has 3 aromatic rings. The molecule has 170 valence electrons. The van der Waals surface area contributed by atoms with E-state index in [-0.39, 0.29) is 29.5 Å². The van der Waals surface area contributed by atoms with E-state index in [0.717, 1.165) is 29.3 Å². The van der Waals surface area contributed by atoms with Crippen molar-refractivity contribution >= 4 is 40.2 Å². The molecule has 0 bridgehead atoms. The third-order valence-electron chi connectivity index (χ3n) is 5.75. The number of carbonyl (C=O) groups is 2. The van der Waals surface area contributed by atoms with Gasteiger partial charge in [0.15, 0.2) is 11.5 Å². The number of nitrogens with two attached hydrogens (primary N) is 1. The molecular formula is C23H26N8O2. The quantitative estimate of drug-likeness (QED) is 0.490. The number of aromatic nitrogens is 4. The third-order valence-corrected chi connectivity index (χ3v) is 5.75. The summed E-state index contributed by atoms with van der Waals surface area (Å²) in [6.07, 6.45) is 4.74. The summed E-state index contributed by atoms with van der Waals surface area (Å²) in [6.45, 7) is 8.17. The van der Waals surface area contributed by atoms with E-state index in [1.54, 1.807) is 0 Å². The van der Waals surface area contributed by atoms with Gasteiger partial charge in [-0.15, -0.1) is 10.2 Å². The number of nitrogens with zero attached hydrogens (tertiary/aromatic N) is 5. The summed E-state index contributed by atoms with van der Waals surface area (Å²) >= 11 is 0. The summed E-state index contributed by atoms with van der Waals surface area (Å²) < 4.78 is 0. The van der Waals surface area contributed by atoms with Gasteiger partial charge in [0.1, 0.15) is 0 Å². The molecule has 4 N–H and O–H groups in total. The molecular weight excluding hydrogens is 420 g/mol. The lowest BCUT2D eigenvalue weighted by atomic mass is 9.97. The molecule has 2 amide bonds. The number of anilines is 3. The van der Waals surface area contributed by atoms with E-state index < -0.39 is 5.91 Å². The van der Waals surface area contributed by atoms with E-state index in [9.17, 15) is 9.59 Å². The van der Waals surface area contributed by atoms with Crippen molar-refractivity contribution in [2.75, 3.05) is 16.8 Å². The SMILES string of the molecule is C=CC(=O)N[C@@H]1CCCN(c2nnc(C(N)=O)c(Nc3ccc4ncc(C)cc4c3)n2)[C@@H]1C. The second kappa shape index (κ2) is 9.19. The highest BCUT2D eigenvalue weighted by Crippen LogP contribution is 2.26. The molecule has 0 aliphatic carbocycles. The molecule has 2 atom stereocenters. The molecule has 0 unspecified atom stereocenters. The molecule has 1 aliphatic rings. The van der Waals surface area contributed by atoms with Crippen LogP contribution in [-0.2, 0) is 4.79 Å². The van der Waals surface area contributed by atoms with Crippen LogP contribution in [0.4, 0.5) is 17.5 Å². The molecule has 3 heterocycles. The van der Waals surface area contributed by atoms with Crippen LogP contribution >= 0.6 is 0 Å². The number of fused-ring (bicyclic) bond motifs is 1. The topological polar surface area (TPSA) is 139 Å². The van der Waals surface area contributed by atoms with Crippen molar-refractivity contribution in [2.45, 2.75) is 38.8 Å². The van der Waals surface area contributed by atoms with Gasteiger partial charge in [-0.05, 0) is 62.6 Å². The smallest absolute Gasteiger partial charge is 0.273 e.